The lowest BCUT2D eigenvalue weighted by Crippen LogP contribution is -2.17. The Morgan fingerprint density at radius 2 is 2.04 bits per heavy atom. The van der Waals surface area contributed by atoms with Crippen LogP contribution in [0.3, 0.4) is 0 Å². The lowest BCUT2D eigenvalue weighted by Gasteiger charge is -2.16. The number of nitrogens with zero attached hydrogens (tertiary/aromatic N) is 1. The average Bonchev–Trinajstić information content (AvgIpc) is 3.11. The summed E-state index contributed by atoms with van der Waals surface area (Å²) in [5.41, 5.74) is 0.749. The van der Waals surface area contributed by atoms with E-state index in [9.17, 15) is 4.79 Å². The van der Waals surface area contributed by atoms with Gasteiger partial charge in [-0.05, 0) is 30.4 Å². The van der Waals surface area contributed by atoms with Crippen molar-refractivity contribution in [2.75, 3.05) is 23.9 Å². The van der Waals surface area contributed by atoms with Crippen LogP contribution < -0.4 is 14.8 Å². The quantitative estimate of drug-likeness (QED) is 0.800. The summed E-state index contributed by atoms with van der Waals surface area (Å²) >= 11 is 13.9. The second kappa shape index (κ2) is 8.17. The minimum Gasteiger partial charge on any atom is -0.493 e. The van der Waals surface area contributed by atoms with Gasteiger partial charge in [-0.1, -0.05) is 23.2 Å². The molecule has 1 unspecified atom stereocenters. The molecule has 1 aromatic heterocycles. The molecule has 2 aromatic rings. The molecule has 1 atom stereocenters. The predicted molar refractivity (Wildman–Crippen MR) is 102 cm³/mol. The van der Waals surface area contributed by atoms with Crippen molar-refractivity contribution in [2.45, 2.75) is 12.5 Å². The van der Waals surface area contributed by atoms with E-state index in [1.807, 2.05) is 11.8 Å². The molecule has 1 saturated heterocycles. The topological polar surface area (TPSA) is 60.5 Å². The van der Waals surface area contributed by atoms with Gasteiger partial charge in [0, 0.05) is 23.7 Å². The first-order valence-corrected chi connectivity index (χ1v) is 9.52. The summed E-state index contributed by atoms with van der Waals surface area (Å²) in [6.45, 7) is 0. The molecule has 0 saturated carbocycles. The number of hydrogen-bond donors (Lipinski definition) is 1. The Kier molecular flexibility index (Phi) is 5.93. The van der Waals surface area contributed by atoms with E-state index in [4.69, 9.17) is 32.7 Å². The van der Waals surface area contributed by atoms with Crippen molar-refractivity contribution >= 4 is 46.6 Å². The van der Waals surface area contributed by atoms with Gasteiger partial charge in [0.25, 0.3) is 5.91 Å². The van der Waals surface area contributed by atoms with Crippen molar-refractivity contribution < 1.29 is 14.3 Å². The second-order valence-electron chi connectivity index (χ2n) is 5.40. The van der Waals surface area contributed by atoms with Crippen LogP contribution in [0.4, 0.5) is 5.69 Å². The standard InChI is InChI=1S/C17H16Cl2N2O3S/c1-23-14-3-2-10(6-15(14)24-11-4-5-25-9-11)17(22)21-16-12(18)7-20-8-13(16)19/h2-3,6-8,11H,4-5,9H2,1H3,(H,20,21,22). The molecular weight excluding hydrogens is 383 g/mol. The van der Waals surface area contributed by atoms with Crippen molar-refractivity contribution in [3.05, 3.63) is 46.2 Å². The van der Waals surface area contributed by atoms with Crippen molar-refractivity contribution in [1.82, 2.24) is 4.98 Å². The highest BCUT2D eigenvalue weighted by molar-refractivity contribution is 7.99. The first kappa shape index (κ1) is 18.2. The molecular formula is C17H16Cl2N2O3S. The SMILES string of the molecule is COc1ccc(C(=O)Nc2c(Cl)cncc2Cl)cc1OC1CCSC1. The van der Waals surface area contributed by atoms with Crippen LogP contribution in [-0.2, 0) is 0 Å². The van der Waals surface area contributed by atoms with Crippen LogP contribution >= 0.6 is 35.0 Å². The molecule has 0 bridgehead atoms. The molecule has 2 heterocycles. The molecule has 0 spiro atoms. The minimum absolute atomic E-state index is 0.126. The second-order valence-corrected chi connectivity index (χ2v) is 7.37. The van der Waals surface area contributed by atoms with E-state index in [1.54, 1.807) is 25.3 Å². The van der Waals surface area contributed by atoms with E-state index >= 15 is 0 Å². The molecule has 0 radical (unpaired) electrons. The molecule has 1 aliphatic heterocycles. The summed E-state index contributed by atoms with van der Waals surface area (Å²) in [5.74, 6) is 2.81. The number of thioether (sulfide) groups is 1. The number of anilines is 1. The van der Waals surface area contributed by atoms with E-state index in [1.165, 1.54) is 12.4 Å². The molecule has 5 nitrogen and oxygen atoms in total. The fourth-order valence-corrected chi connectivity index (χ4v) is 3.96. The van der Waals surface area contributed by atoms with Gasteiger partial charge in [-0.3, -0.25) is 9.78 Å². The van der Waals surface area contributed by atoms with E-state index in [-0.39, 0.29) is 22.1 Å². The van der Waals surface area contributed by atoms with Crippen molar-refractivity contribution in [1.29, 1.82) is 0 Å². The van der Waals surface area contributed by atoms with Gasteiger partial charge < -0.3 is 14.8 Å². The molecule has 8 heteroatoms. The first-order chi connectivity index (χ1) is 12.1. The lowest BCUT2D eigenvalue weighted by molar-refractivity contribution is 0.102. The summed E-state index contributed by atoms with van der Waals surface area (Å²) < 4.78 is 11.3. The largest absolute Gasteiger partial charge is 0.493 e. The zero-order valence-corrected chi connectivity index (χ0v) is 15.7. The van der Waals surface area contributed by atoms with Gasteiger partial charge in [-0.25, -0.2) is 0 Å². The molecule has 132 valence electrons. The Morgan fingerprint density at radius 3 is 2.68 bits per heavy atom. The number of carbonyl (C=O) groups excluding carboxylic acids is 1. The third kappa shape index (κ3) is 4.32. The van der Waals surface area contributed by atoms with Gasteiger partial charge in [0.15, 0.2) is 11.5 Å². The predicted octanol–water partition coefficient (Wildman–Crippen LogP) is 4.53. The summed E-state index contributed by atoms with van der Waals surface area (Å²) in [7, 11) is 1.57. The molecule has 1 amide bonds. The summed E-state index contributed by atoms with van der Waals surface area (Å²) in [4.78, 5) is 16.4. The number of methoxy groups -OCH3 is 1. The van der Waals surface area contributed by atoms with Crippen LogP contribution in [0.15, 0.2) is 30.6 Å². The van der Waals surface area contributed by atoms with Gasteiger partial charge in [0.1, 0.15) is 6.10 Å². The number of pyridine rings is 1. The Morgan fingerprint density at radius 1 is 1.28 bits per heavy atom. The molecule has 0 aliphatic carbocycles. The maximum Gasteiger partial charge on any atom is 0.255 e. The van der Waals surface area contributed by atoms with Crippen LogP contribution in [0.2, 0.25) is 10.0 Å². The normalized spacial score (nSPS) is 16.5. The monoisotopic (exact) mass is 398 g/mol. The fourth-order valence-electron chi connectivity index (χ4n) is 2.41. The highest BCUT2D eigenvalue weighted by atomic mass is 35.5. The first-order valence-electron chi connectivity index (χ1n) is 7.61. The zero-order chi connectivity index (χ0) is 17.8. The van der Waals surface area contributed by atoms with Gasteiger partial charge in [0.05, 0.1) is 22.8 Å². The minimum atomic E-state index is -0.344. The van der Waals surface area contributed by atoms with E-state index in [0.717, 1.165) is 17.9 Å². The smallest absolute Gasteiger partial charge is 0.255 e. The molecule has 1 aromatic carbocycles. The van der Waals surface area contributed by atoms with E-state index in [2.05, 4.69) is 10.3 Å². The lowest BCUT2D eigenvalue weighted by atomic mass is 10.1. The van der Waals surface area contributed by atoms with Crippen molar-refractivity contribution in [2.24, 2.45) is 0 Å². The number of nitrogens with one attached hydrogen (secondary N) is 1. The number of benzene rings is 1. The maximum atomic E-state index is 12.6. The Labute approximate surface area is 160 Å². The van der Waals surface area contributed by atoms with Gasteiger partial charge in [-0.2, -0.15) is 11.8 Å². The Bertz CT molecular complexity index is 762. The fraction of sp³-hybridized carbons (Fsp3) is 0.294. The van der Waals surface area contributed by atoms with Crippen LogP contribution in [-0.4, -0.2) is 35.6 Å². The number of amides is 1. The number of ether oxygens (including phenoxy) is 2. The van der Waals surface area contributed by atoms with Crippen LogP contribution in [0.1, 0.15) is 16.8 Å². The zero-order valence-electron chi connectivity index (χ0n) is 13.4. The number of aromatic nitrogens is 1. The third-order valence-corrected chi connectivity index (χ3v) is 5.40. The average molecular weight is 399 g/mol. The number of hydrogen-bond acceptors (Lipinski definition) is 5. The third-order valence-electron chi connectivity index (χ3n) is 3.70. The summed E-state index contributed by atoms with van der Waals surface area (Å²) in [6, 6.07) is 5.04. The van der Waals surface area contributed by atoms with E-state index in [0.29, 0.717) is 22.7 Å². The highest BCUT2D eigenvalue weighted by Gasteiger charge is 2.20. The Balaban J connectivity index is 1.82. The van der Waals surface area contributed by atoms with Crippen molar-refractivity contribution in [3.63, 3.8) is 0 Å². The van der Waals surface area contributed by atoms with Crippen molar-refractivity contribution in [3.8, 4) is 11.5 Å². The van der Waals surface area contributed by atoms with Crippen LogP contribution in [0, 0.1) is 0 Å². The highest BCUT2D eigenvalue weighted by Crippen LogP contribution is 2.33. The van der Waals surface area contributed by atoms with Crippen LogP contribution in [0.25, 0.3) is 0 Å². The molecule has 25 heavy (non-hydrogen) atoms. The molecule has 1 aliphatic rings. The Hall–Kier alpha value is -1.63. The maximum absolute atomic E-state index is 12.6. The number of halogens is 2. The van der Waals surface area contributed by atoms with Crippen LogP contribution in [0.5, 0.6) is 11.5 Å². The van der Waals surface area contributed by atoms with E-state index < -0.39 is 0 Å². The number of carbonyl (C=O) groups is 1. The van der Waals surface area contributed by atoms with Gasteiger partial charge >= 0.3 is 0 Å². The summed E-state index contributed by atoms with van der Waals surface area (Å²) in [5, 5.41) is 3.25. The molecule has 1 fully saturated rings. The number of rotatable bonds is 5. The van der Waals surface area contributed by atoms with Gasteiger partial charge in [-0.15, -0.1) is 0 Å². The molecule has 3 rings (SSSR count). The summed E-state index contributed by atoms with van der Waals surface area (Å²) in [6.07, 6.45) is 3.94. The van der Waals surface area contributed by atoms with Gasteiger partial charge in [0.2, 0.25) is 0 Å². The molecule has 1 N–H and O–H groups in total.